The molecule has 0 N–H and O–H groups in total. The van der Waals surface area contributed by atoms with Crippen LogP contribution in [0, 0.1) is 0 Å². The minimum atomic E-state index is -0.750. The van der Waals surface area contributed by atoms with Crippen LogP contribution in [0.4, 0.5) is 28.4 Å². The van der Waals surface area contributed by atoms with Crippen LogP contribution < -0.4 is 9.80 Å². The van der Waals surface area contributed by atoms with Crippen LogP contribution in [0.5, 0.6) is 0 Å². The van der Waals surface area contributed by atoms with E-state index in [1.807, 2.05) is 0 Å². The van der Waals surface area contributed by atoms with E-state index in [2.05, 4.69) is 275 Å². The van der Waals surface area contributed by atoms with Crippen molar-refractivity contribution in [1.29, 1.82) is 0 Å². The van der Waals surface area contributed by atoms with Crippen LogP contribution in [-0.2, 0) is 5.54 Å². The average Bonchev–Trinajstić information content (AvgIpc) is 3.86. The molecule has 0 radical (unpaired) electrons. The van der Waals surface area contributed by atoms with Gasteiger partial charge in [-0.1, -0.05) is 188 Å². The zero-order valence-corrected chi connectivity index (χ0v) is 35.2. The average molecular weight is 818 g/mol. The molecule has 1 unspecified atom stereocenters. The van der Waals surface area contributed by atoms with Crippen molar-refractivity contribution < 1.29 is 0 Å². The maximum absolute atomic E-state index is 2.56. The second kappa shape index (κ2) is 15.5. The van der Waals surface area contributed by atoms with Crippen molar-refractivity contribution in [3.63, 3.8) is 0 Å². The van der Waals surface area contributed by atoms with Crippen molar-refractivity contribution in [2.75, 3.05) is 9.80 Å². The summed E-state index contributed by atoms with van der Waals surface area (Å²) in [4.78, 5) is 5.03. The number of rotatable bonds is 9. The molecule has 0 amide bonds. The smallest absolute Gasteiger partial charge is 0.122 e. The van der Waals surface area contributed by atoms with Crippen LogP contribution in [0.25, 0.3) is 49.7 Å². The third-order valence-electron chi connectivity index (χ3n) is 13.0. The van der Waals surface area contributed by atoms with Gasteiger partial charge in [-0.2, -0.15) is 0 Å². The largest absolute Gasteiger partial charge is 0.323 e. The Labute approximate surface area is 374 Å². The lowest BCUT2D eigenvalue weighted by Crippen LogP contribution is -2.44. The minimum absolute atomic E-state index is 0.750. The van der Waals surface area contributed by atoms with E-state index in [1.165, 1.54) is 44.1 Å². The Balaban J connectivity index is 1.18. The first-order valence-electron chi connectivity index (χ1n) is 22.0. The molecular formula is C61H43N3. The lowest BCUT2D eigenvalue weighted by molar-refractivity contribution is 0.644. The van der Waals surface area contributed by atoms with Crippen LogP contribution in [0.2, 0.25) is 0 Å². The van der Waals surface area contributed by atoms with Crippen molar-refractivity contribution in [2.24, 2.45) is 0 Å². The van der Waals surface area contributed by atoms with E-state index in [0.717, 1.165) is 50.8 Å². The highest BCUT2D eigenvalue weighted by atomic mass is 15.2. The summed E-state index contributed by atoms with van der Waals surface area (Å²) in [6.45, 7) is 0. The number of para-hydroxylation sites is 5. The van der Waals surface area contributed by atoms with Gasteiger partial charge in [-0.05, 0) is 106 Å². The summed E-state index contributed by atoms with van der Waals surface area (Å²) >= 11 is 0. The summed E-state index contributed by atoms with van der Waals surface area (Å²) in [5.74, 6) is 0. The molecule has 10 aromatic carbocycles. The van der Waals surface area contributed by atoms with Gasteiger partial charge in [-0.3, -0.25) is 0 Å². The molecule has 12 rings (SSSR count). The zero-order chi connectivity index (χ0) is 42.5. The van der Waals surface area contributed by atoms with E-state index in [9.17, 15) is 0 Å². The highest BCUT2D eigenvalue weighted by Gasteiger charge is 2.50. The Bertz CT molecular complexity index is 3400. The molecule has 302 valence electrons. The van der Waals surface area contributed by atoms with Gasteiger partial charge in [0.15, 0.2) is 0 Å². The Morgan fingerprint density at radius 1 is 0.328 bits per heavy atom. The molecule has 3 nitrogen and oxygen atoms in total. The Morgan fingerprint density at radius 2 is 0.844 bits per heavy atom. The molecule has 0 fully saturated rings. The number of aromatic nitrogens is 1. The molecule has 1 atom stereocenters. The first kappa shape index (κ1) is 37.4. The molecule has 0 spiro atoms. The van der Waals surface area contributed by atoms with Crippen LogP contribution in [-0.4, -0.2) is 4.57 Å². The summed E-state index contributed by atoms with van der Waals surface area (Å²) < 4.78 is 2.41. The molecule has 3 heteroatoms. The first-order valence-corrected chi connectivity index (χ1v) is 22.0. The maximum Gasteiger partial charge on any atom is 0.122 e. The highest BCUT2D eigenvalue weighted by Crippen LogP contribution is 2.59. The normalized spacial score (nSPS) is 14.0. The lowest BCUT2D eigenvalue weighted by atomic mass is 9.78. The summed E-state index contributed by atoms with van der Waals surface area (Å²) in [6, 6.07) is 95.1. The number of benzene rings is 10. The van der Waals surface area contributed by atoms with E-state index in [4.69, 9.17) is 0 Å². The fraction of sp³-hybridized carbons (Fsp3) is 0.0164. The van der Waals surface area contributed by atoms with E-state index in [-0.39, 0.29) is 0 Å². The fourth-order valence-corrected chi connectivity index (χ4v) is 10.3. The van der Waals surface area contributed by atoms with Crippen LogP contribution in [0.1, 0.15) is 16.7 Å². The van der Waals surface area contributed by atoms with E-state index < -0.39 is 5.54 Å². The van der Waals surface area contributed by atoms with Crippen molar-refractivity contribution in [3.8, 4) is 27.9 Å². The van der Waals surface area contributed by atoms with Gasteiger partial charge >= 0.3 is 0 Å². The standard InChI is InChI=1S/C61H43N3/c1-6-22-44(23-7-1)51-32-17-20-36-58(51)62(50-39-41-55-54-34-18-21-37-59(54)63(60(55)43-50)46-26-10-3-11-27-46)49-38-40-53-52-33-16-19-35-56(52)61(57(53)42-49,45-24-8-2-9-25-45)64(47-28-12-4-13-29-47)48-30-14-5-15-31-48/h1-43H. The molecule has 0 saturated carbocycles. The fourth-order valence-electron chi connectivity index (χ4n) is 10.3. The van der Waals surface area contributed by atoms with Crippen LogP contribution in [0.3, 0.4) is 0 Å². The Morgan fingerprint density at radius 3 is 1.56 bits per heavy atom. The number of fused-ring (bicyclic) bond motifs is 6. The molecule has 64 heavy (non-hydrogen) atoms. The topological polar surface area (TPSA) is 11.4 Å². The lowest BCUT2D eigenvalue weighted by Gasteiger charge is -2.45. The summed E-state index contributed by atoms with van der Waals surface area (Å²) in [6.07, 6.45) is 0. The number of hydrogen-bond acceptors (Lipinski definition) is 2. The van der Waals surface area contributed by atoms with Crippen molar-refractivity contribution in [2.45, 2.75) is 5.54 Å². The maximum atomic E-state index is 2.56. The number of anilines is 5. The molecule has 1 heterocycles. The monoisotopic (exact) mass is 817 g/mol. The Kier molecular flexibility index (Phi) is 9.05. The molecule has 1 aliphatic carbocycles. The molecule has 1 aromatic heterocycles. The SMILES string of the molecule is c1ccc(-c2ccccc2N(c2ccc3c(c2)C(c2ccccc2)(N(c2ccccc2)c2ccccc2)c2ccccc2-3)c2ccc3c4ccccc4n(-c4ccccc4)c3c2)cc1. The molecule has 0 aliphatic heterocycles. The molecule has 11 aromatic rings. The van der Waals surface area contributed by atoms with Crippen molar-refractivity contribution in [1.82, 2.24) is 4.57 Å². The van der Waals surface area contributed by atoms with Gasteiger partial charge in [-0.15, -0.1) is 0 Å². The second-order valence-electron chi connectivity index (χ2n) is 16.5. The summed E-state index contributed by atoms with van der Waals surface area (Å²) in [5, 5.41) is 2.45. The van der Waals surface area contributed by atoms with Gasteiger partial charge < -0.3 is 14.4 Å². The van der Waals surface area contributed by atoms with E-state index >= 15 is 0 Å². The van der Waals surface area contributed by atoms with E-state index in [1.54, 1.807) is 0 Å². The minimum Gasteiger partial charge on any atom is -0.323 e. The van der Waals surface area contributed by atoms with Gasteiger partial charge in [0, 0.05) is 44.8 Å². The third kappa shape index (κ3) is 5.90. The predicted molar refractivity (Wildman–Crippen MR) is 268 cm³/mol. The van der Waals surface area contributed by atoms with Gasteiger partial charge in [0.1, 0.15) is 5.54 Å². The molecule has 1 aliphatic rings. The van der Waals surface area contributed by atoms with Crippen molar-refractivity contribution >= 4 is 50.2 Å². The quantitative estimate of drug-likeness (QED) is 0.144. The Hall–Kier alpha value is -8.40. The van der Waals surface area contributed by atoms with Gasteiger partial charge in [0.05, 0.1) is 16.7 Å². The summed E-state index contributed by atoms with van der Waals surface area (Å²) in [7, 11) is 0. The van der Waals surface area contributed by atoms with Crippen LogP contribution in [0.15, 0.2) is 261 Å². The molecule has 0 bridgehead atoms. The van der Waals surface area contributed by atoms with Crippen molar-refractivity contribution in [3.05, 3.63) is 278 Å². The highest BCUT2D eigenvalue weighted by molar-refractivity contribution is 6.10. The first-order chi connectivity index (χ1) is 31.8. The summed E-state index contributed by atoms with van der Waals surface area (Å²) in [5.41, 5.74) is 16.6. The van der Waals surface area contributed by atoms with Gasteiger partial charge in [-0.25, -0.2) is 0 Å². The van der Waals surface area contributed by atoms with Crippen LogP contribution >= 0.6 is 0 Å². The third-order valence-corrected chi connectivity index (χ3v) is 13.0. The number of hydrogen-bond donors (Lipinski definition) is 0. The number of nitrogens with zero attached hydrogens (tertiary/aromatic N) is 3. The predicted octanol–water partition coefficient (Wildman–Crippen LogP) is 16.0. The van der Waals surface area contributed by atoms with Gasteiger partial charge in [0.2, 0.25) is 0 Å². The molecular weight excluding hydrogens is 775 g/mol. The molecule has 0 saturated heterocycles. The van der Waals surface area contributed by atoms with Gasteiger partial charge in [0.25, 0.3) is 0 Å². The zero-order valence-electron chi connectivity index (χ0n) is 35.2. The van der Waals surface area contributed by atoms with E-state index in [0.29, 0.717) is 0 Å². The second-order valence-corrected chi connectivity index (χ2v) is 16.5.